The zero-order valence-electron chi connectivity index (χ0n) is 10.4. The van der Waals surface area contributed by atoms with Gasteiger partial charge in [0.1, 0.15) is 11.6 Å². The van der Waals surface area contributed by atoms with E-state index in [2.05, 4.69) is 6.92 Å². The van der Waals surface area contributed by atoms with Crippen LogP contribution in [0.15, 0.2) is 18.2 Å². The zero-order valence-corrected chi connectivity index (χ0v) is 10.4. The van der Waals surface area contributed by atoms with E-state index < -0.39 is 0 Å². The molecule has 1 heterocycles. The Balaban J connectivity index is 2.39. The van der Waals surface area contributed by atoms with Gasteiger partial charge in [-0.2, -0.15) is 0 Å². The molecule has 0 radical (unpaired) electrons. The molecule has 2 nitrogen and oxygen atoms in total. The second kappa shape index (κ2) is 4.65. The topological polar surface area (TPSA) is 29.5 Å². The Bertz CT molecular complexity index is 385. The average molecular weight is 238 g/mol. The third-order valence-electron chi connectivity index (χ3n) is 3.83. The fourth-order valence-electron chi connectivity index (χ4n) is 2.83. The summed E-state index contributed by atoms with van der Waals surface area (Å²) in [6.45, 7) is 4.86. The maximum atomic E-state index is 13.4. The molecule has 1 aromatic rings. The molecular weight excluding hydrogens is 219 g/mol. The van der Waals surface area contributed by atoms with Crippen LogP contribution in [-0.2, 0) is 10.2 Å². The van der Waals surface area contributed by atoms with Crippen molar-refractivity contribution >= 4 is 0 Å². The van der Waals surface area contributed by atoms with Gasteiger partial charge < -0.3 is 9.84 Å². The largest absolute Gasteiger partial charge is 0.508 e. The van der Waals surface area contributed by atoms with Gasteiger partial charge in [-0.05, 0) is 49.3 Å². The van der Waals surface area contributed by atoms with Crippen molar-refractivity contribution in [2.45, 2.75) is 44.6 Å². The van der Waals surface area contributed by atoms with Crippen molar-refractivity contribution in [2.24, 2.45) is 0 Å². The lowest BCUT2D eigenvalue weighted by atomic mass is 9.70. The number of rotatable bonds is 2. The van der Waals surface area contributed by atoms with Crippen LogP contribution in [0.2, 0.25) is 0 Å². The maximum absolute atomic E-state index is 13.4. The molecule has 1 saturated heterocycles. The van der Waals surface area contributed by atoms with Crippen LogP contribution in [0.1, 0.15) is 38.7 Å². The Morgan fingerprint density at radius 3 is 2.82 bits per heavy atom. The fourth-order valence-corrected chi connectivity index (χ4v) is 2.83. The van der Waals surface area contributed by atoms with E-state index in [9.17, 15) is 9.50 Å². The van der Waals surface area contributed by atoms with Gasteiger partial charge >= 0.3 is 0 Å². The smallest absolute Gasteiger partial charge is 0.127 e. The number of hydrogen-bond acceptors (Lipinski definition) is 2. The number of ether oxygens (including phenoxy) is 1. The average Bonchev–Trinajstić information content (AvgIpc) is 2.27. The minimum Gasteiger partial charge on any atom is -0.508 e. The van der Waals surface area contributed by atoms with Crippen molar-refractivity contribution in [3.8, 4) is 5.75 Å². The highest BCUT2D eigenvalue weighted by Crippen LogP contribution is 2.41. The molecule has 0 bridgehead atoms. The molecular formula is C14H19FO2. The third-order valence-corrected chi connectivity index (χ3v) is 3.83. The number of phenolic OH excluding ortho intramolecular Hbond substituents is 1. The summed E-state index contributed by atoms with van der Waals surface area (Å²) in [5.41, 5.74) is 0.838. The molecule has 1 fully saturated rings. The Labute approximate surface area is 101 Å². The molecule has 0 spiro atoms. The van der Waals surface area contributed by atoms with E-state index >= 15 is 0 Å². The van der Waals surface area contributed by atoms with Gasteiger partial charge in [0.15, 0.2) is 0 Å². The van der Waals surface area contributed by atoms with Crippen LogP contribution in [0.5, 0.6) is 5.75 Å². The molecule has 94 valence electrons. The van der Waals surface area contributed by atoms with Crippen LogP contribution >= 0.6 is 0 Å². The number of hydrogen-bond donors (Lipinski definition) is 1. The summed E-state index contributed by atoms with van der Waals surface area (Å²) in [7, 11) is 0. The first-order valence-electron chi connectivity index (χ1n) is 6.17. The Morgan fingerprint density at radius 1 is 1.47 bits per heavy atom. The van der Waals surface area contributed by atoms with Crippen molar-refractivity contribution in [3.63, 3.8) is 0 Å². The second-order valence-corrected chi connectivity index (χ2v) is 4.97. The molecule has 3 heteroatoms. The summed E-state index contributed by atoms with van der Waals surface area (Å²) in [4.78, 5) is 0. The van der Waals surface area contributed by atoms with E-state index in [1.54, 1.807) is 12.1 Å². The van der Waals surface area contributed by atoms with E-state index in [0.29, 0.717) is 6.61 Å². The predicted octanol–water partition coefficient (Wildman–Crippen LogP) is 3.38. The van der Waals surface area contributed by atoms with Crippen molar-refractivity contribution in [1.82, 2.24) is 0 Å². The first-order chi connectivity index (χ1) is 8.05. The molecule has 0 aliphatic carbocycles. The number of phenols is 1. The van der Waals surface area contributed by atoms with Crippen LogP contribution in [0.3, 0.4) is 0 Å². The van der Waals surface area contributed by atoms with E-state index in [1.807, 2.05) is 6.92 Å². The molecule has 0 unspecified atom stereocenters. The zero-order chi connectivity index (χ0) is 12.5. The molecule has 1 aliphatic rings. The van der Waals surface area contributed by atoms with Crippen molar-refractivity contribution in [1.29, 1.82) is 0 Å². The number of halogens is 1. The van der Waals surface area contributed by atoms with Gasteiger partial charge in [0, 0.05) is 12.7 Å². The normalized spacial score (nSPS) is 29.2. The molecule has 0 amide bonds. The monoisotopic (exact) mass is 238 g/mol. The van der Waals surface area contributed by atoms with Gasteiger partial charge in [-0.15, -0.1) is 0 Å². The molecule has 2 atom stereocenters. The Kier molecular flexibility index (Phi) is 3.38. The van der Waals surface area contributed by atoms with Gasteiger partial charge in [-0.1, -0.05) is 6.92 Å². The van der Waals surface area contributed by atoms with Crippen LogP contribution < -0.4 is 0 Å². The Morgan fingerprint density at radius 2 is 2.24 bits per heavy atom. The molecule has 17 heavy (non-hydrogen) atoms. The van der Waals surface area contributed by atoms with E-state index in [1.165, 1.54) is 0 Å². The fraction of sp³-hybridized carbons (Fsp3) is 0.571. The van der Waals surface area contributed by atoms with Crippen molar-refractivity contribution in [3.05, 3.63) is 29.6 Å². The number of aromatic hydroxyl groups is 1. The lowest BCUT2D eigenvalue weighted by molar-refractivity contribution is -0.0117. The van der Waals surface area contributed by atoms with Gasteiger partial charge in [0.2, 0.25) is 0 Å². The van der Waals surface area contributed by atoms with E-state index in [-0.39, 0.29) is 23.1 Å². The molecule has 2 rings (SSSR count). The van der Waals surface area contributed by atoms with E-state index in [4.69, 9.17) is 4.74 Å². The summed E-state index contributed by atoms with van der Waals surface area (Å²) < 4.78 is 19.0. The van der Waals surface area contributed by atoms with Crippen LogP contribution in [-0.4, -0.2) is 17.8 Å². The van der Waals surface area contributed by atoms with Crippen LogP contribution in [0, 0.1) is 5.82 Å². The summed E-state index contributed by atoms with van der Waals surface area (Å²) in [6.07, 6.45) is 2.89. The number of benzene rings is 1. The first-order valence-corrected chi connectivity index (χ1v) is 6.17. The second-order valence-electron chi connectivity index (χ2n) is 4.97. The maximum Gasteiger partial charge on any atom is 0.127 e. The van der Waals surface area contributed by atoms with Crippen molar-refractivity contribution < 1.29 is 14.2 Å². The summed E-state index contributed by atoms with van der Waals surface area (Å²) >= 11 is 0. The lowest BCUT2D eigenvalue weighted by Gasteiger charge is -2.40. The quantitative estimate of drug-likeness (QED) is 0.856. The highest BCUT2D eigenvalue weighted by Gasteiger charge is 2.36. The summed E-state index contributed by atoms with van der Waals surface area (Å²) in [6, 6.07) is 4.38. The standard InChI is InChI=1S/C14H19FO2/c1-3-14(4-5-17-10(2)9-14)11-6-12(15)8-13(16)7-11/h6-8,10,16H,3-5,9H2,1-2H3/t10-,14+/m1/s1. The van der Waals surface area contributed by atoms with Crippen LogP contribution in [0.25, 0.3) is 0 Å². The van der Waals surface area contributed by atoms with Gasteiger partial charge in [-0.25, -0.2) is 4.39 Å². The summed E-state index contributed by atoms with van der Waals surface area (Å²) in [5.74, 6) is -0.362. The predicted molar refractivity (Wildman–Crippen MR) is 64.7 cm³/mol. The first kappa shape index (κ1) is 12.4. The molecule has 1 aromatic carbocycles. The Hall–Kier alpha value is -1.09. The van der Waals surface area contributed by atoms with Crippen LogP contribution in [0.4, 0.5) is 4.39 Å². The highest BCUT2D eigenvalue weighted by atomic mass is 19.1. The van der Waals surface area contributed by atoms with Gasteiger partial charge in [-0.3, -0.25) is 0 Å². The minimum absolute atomic E-state index is 0.00645. The van der Waals surface area contributed by atoms with E-state index in [0.717, 1.165) is 30.9 Å². The SMILES string of the molecule is CC[C@]1(c2cc(O)cc(F)c2)CCO[C@H](C)C1. The molecule has 1 N–H and O–H groups in total. The minimum atomic E-state index is -0.369. The van der Waals surface area contributed by atoms with Gasteiger partial charge in [0.05, 0.1) is 6.10 Å². The summed E-state index contributed by atoms with van der Waals surface area (Å²) in [5, 5.41) is 9.53. The highest BCUT2D eigenvalue weighted by molar-refractivity contribution is 5.34. The third kappa shape index (κ3) is 2.44. The molecule has 0 aromatic heterocycles. The molecule has 1 aliphatic heterocycles. The van der Waals surface area contributed by atoms with Crippen molar-refractivity contribution in [2.75, 3.05) is 6.61 Å². The molecule has 0 saturated carbocycles. The lowest BCUT2D eigenvalue weighted by Crippen LogP contribution is -2.37. The van der Waals surface area contributed by atoms with Gasteiger partial charge in [0.25, 0.3) is 0 Å².